The number of hydrogen-bond acceptors (Lipinski definition) is 9. The third-order valence-corrected chi connectivity index (χ3v) is 7.36. The molecule has 1 saturated carbocycles. The molecule has 4 rings (SSSR count). The number of nitrogens with zero attached hydrogens (tertiary/aromatic N) is 1. The number of rotatable bonds is 9. The van der Waals surface area contributed by atoms with Gasteiger partial charge in [-0.2, -0.15) is 0 Å². The number of alkyl carbamates (subject to hydrolysis) is 1. The summed E-state index contributed by atoms with van der Waals surface area (Å²) >= 11 is 1.30. The van der Waals surface area contributed by atoms with Crippen LogP contribution in [0.5, 0.6) is 0 Å². The first kappa shape index (κ1) is 29.1. The molecule has 1 aromatic heterocycles. The molecule has 1 aromatic carbocycles. The lowest BCUT2D eigenvalue weighted by atomic mass is 10.2. The molecule has 0 bridgehead atoms. The van der Waals surface area contributed by atoms with E-state index >= 15 is 0 Å². The maximum absolute atomic E-state index is 12.9. The first-order chi connectivity index (χ1) is 19.1. The maximum Gasteiger partial charge on any atom is 0.408 e. The lowest BCUT2D eigenvalue weighted by Gasteiger charge is -2.24. The summed E-state index contributed by atoms with van der Waals surface area (Å²) < 4.78 is 10.7. The Labute approximate surface area is 237 Å². The summed E-state index contributed by atoms with van der Waals surface area (Å²) in [5.41, 5.74) is 0.00716. The number of amides is 3. The molecule has 12 heteroatoms. The van der Waals surface area contributed by atoms with Crippen molar-refractivity contribution in [2.45, 2.75) is 57.8 Å². The Bertz CT molecular complexity index is 1260. The van der Waals surface area contributed by atoms with Gasteiger partial charge in [-0.1, -0.05) is 30.3 Å². The molecular weight excluding hydrogens is 534 g/mol. The van der Waals surface area contributed by atoms with Gasteiger partial charge >= 0.3 is 12.1 Å². The molecule has 0 spiro atoms. The van der Waals surface area contributed by atoms with Crippen molar-refractivity contribution in [3.63, 3.8) is 0 Å². The van der Waals surface area contributed by atoms with Gasteiger partial charge in [0.05, 0.1) is 4.88 Å². The summed E-state index contributed by atoms with van der Waals surface area (Å²) in [6.07, 6.45) is 0.842. The molecule has 0 saturated heterocycles. The van der Waals surface area contributed by atoms with Crippen LogP contribution in [0.25, 0.3) is 0 Å². The summed E-state index contributed by atoms with van der Waals surface area (Å²) in [4.78, 5) is 56.3. The second-order valence-corrected chi connectivity index (χ2v) is 11.8. The third-order valence-electron chi connectivity index (χ3n) is 6.14. The quantitative estimate of drug-likeness (QED) is 0.340. The van der Waals surface area contributed by atoms with E-state index in [4.69, 9.17) is 9.47 Å². The molecule has 2 heterocycles. The largest absolute Gasteiger partial charge is 0.458 e. The number of hydrogen-bond donors (Lipinski definition) is 4. The Morgan fingerprint density at radius 1 is 1.12 bits per heavy atom. The van der Waals surface area contributed by atoms with Crippen LogP contribution in [0.1, 0.15) is 59.6 Å². The van der Waals surface area contributed by atoms with Gasteiger partial charge in [0.15, 0.2) is 5.96 Å². The van der Waals surface area contributed by atoms with Crippen LogP contribution in [0.2, 0.25) is 0 Å². The predicted octanol–water partition coefficient (Wildman–Crippen LogP) is 2.68. The van der Waals surface area contributed by atoms with Crippen molar-refractivity contribution in [3.8, 4) is 0 Å². The number of nitrogens with one attached hydrogen (secondary N) is 4. The monoisotopic (exact) mass is 569 g/mol. The van der Waals surface area contributed by atoms with Crippen molar-refractivity contribution < 1.29 is 28.7 Å². The normalized spacial score (nSPS) is 18.8. The lowest BCUT2D eigenvalue weighted by molar-refractivity contribution is -0.157. The van der Waals surface area contributed by atoms with Crippen LogP contribution in [0.4, 0.5) is 4.79 Å². The molecule has 1 aliphatic heterocycles. The molecule has 1 aliphatic carbocycles. The summed E-state index contributed by atoms with van der Waals surface area (Å²) in [6, 6.07) is 11.5. The topological polar surface area (TPSA) is 147 Å². The van der Waals surface area contributed by atoms with Gasteiger partial charge in [0.2, 0.25) is 5.91 Å². The van der Waals surface area contributed by atoms with Crippen molar-refractivity contribution in [3.05, 3.63) is 57.8 Å². The summed E-state index contributed by atoms with van der Waals surface area (Å²) in [7, 11) is 0. The van der Waals surface area contributed by atoms with Crippen molar-refractivity contribution in [2.24, 2.45) is 10.9 Å². The van der Waals surface area contributed by atoms with Gasteiger partial charge in [-0.05, 0) is 51.3 Å². The molecule has 0 radical (unpaired) electrons. The van der Waals surface area contributed by atoms with Crippen LogP contribution in [-0.4, -0.2) is 61.1 Å². The lowest BCUT2D eigenvalue weighted by Crippen LogP contribution is -2.50. The highest BCUT2D eigenvalue weighted by Gasteiger charge is 2.45. The third kappa shape index (κ3) is 8.54. The molecule has 11 nitrogen and oxygen atoms in total. The van der Waals surface area contributed by atoms with Gasteiger partial charge in [0, 0.05) is 36.3 Å². The Hall–Kier alpha value is -3.93. The van der Waals surface area contributed by atoms with E-state index in [1.807, 2.05) is 36.4 Å². The van der Waals surface area contributed by atoms with Crippen molar-refractivity contribution in [1.82, 2.24) is 21.3 Å². The fourth-order valence-electron chi connectivity index (χ4n) is 4.05. The van der Waals surface area contributed by atoms with E-state index < -0.39 is 29.6 Å². The van der Waals surface area contributed by atoms with Crippen LogP contribution in [-0.2, 0) is 25.7 Å². The summed E-state index contributed by atoms with van der Waals surface area (Å²) in [5.74, 6) is -0.768. The van der Waals surface area contributed by atoms with Crippen molar-refractivity contribution >= 4 is 41.2 Å². The van der Waals surface area contributed by atoms with Crippen LogP contribution >= 0.6 is 11.3 Å². The average Bonchev–Trinajstić information content (AvgIpc) is 3.57. The minimum absolute atomic E-state index is 0.0306. The van der Waals surface area contributed by atoms with Crippen molar-refractivity contribution in [1.29, 1.82) is 0 Å². The molecule has 4 N–H and O–H groups in total. The predicted molar refractivity (Wildman–Crippen MR) is 150 cm³/mol. The van der Waals surface area contributed by atoms with E-state index in [9.17, 15) is 19.2 Å². The molecule has 2 aliphatic rings. The zero-order chi connectivity index (χ0) is 28.7. The number of thiophene rings is 1. The van der Waals surface area contributed by atoms with E-state index in [1.165, 1.54) is 11.3 Å². The first-order valence-corrected chi connectivity index (χ1v) is 14.1. The zero-order valence-electron chi connectivity index (χ0n) is 22.8. The number of benzene rings is 1. The highest BCUT2D eigenvalue weighted by atomic mass is 32.1. The number of esters is 1. The highest BCUT2D eigenvalue weighted by molar-refractivity contribution is 7.14. The van der Waals surface area contributed by atoms with E-state index in [2.05, 4.69) is 26.3 Å². The minimum Gasteiger partial charge on any atom is -0.458 e. The smallest absolute Gasteiger partial charge is 0.408 e. The Morgan fingerprint density at radius 2 is 1.90 bits per heavy atom. The van der Waals surface area contributed by atoms with Gasteiger partial charge < -0.3 is 25.4 Å². The van der Waals surface area contributed by atoms with E-state index in [1.54, 1.807) is 26.8 Å². The van der Waals surface area contributed by atoms with Gasteiger partial charge in [0.1, 0.15) is 18.2 Å². The molecule has 2 aromatic rings. The number of carbonyl (C=O) groups excluding carboxylic acids is 4. The van der Waals surface area contributed by atoms with Crippen LogP contribution in [0.15, 0.2) is 47.5 Å². The molecule has 2 unspecified atom stereocenters. The van der Waals surface area contributed by atoms with Gasteiger partial charge in [-0.3, -0.25) is 19.9 Å². The fourth-order valence-corrected chi connectivity index (χ4v) is 5.16. The van der Waals surface area contributed by atoms with Gasteiger partial charge in [-0.25, -0.2) is 9.59 Å². The van der Waals surface area contributed by atoms with Crippen LogP contribution < -0.4 is 21.3 Å². The fraction of sp³-hybridized carbons (Fsp3) is 0.464. The van der Waals surface area contributed by atoms with Gasteiger partial charge in [-0.15, -0.1) is 11.3 Å². The molecule has 3 atom stereocenters. The molecule has 3 amide bonds. The second-order valence-electron chi connectivity index (χ2n) is 10.7. The number of aliphatic imine (C=N–C) groups is 1. The number of carbonyl (C=O) groups is 4. The molecule has 214 valence electrons. The standard InChI is InChI=1S/C28H35N5O6S/c1-28(2,3)39-25(36)20(32-27(37)38-16-17-8-5-4-6-9-17)15-31-24(35)22-11-10-21(40-22)18-14-19(18)23(34)33-26-29-12-7-13-30-26/h4-6,8-11,18-20H,7,12-16H2,1-3H3,(H,31,35)(H,32,37)(H2,29,30,33,34)/t18?,19?,20-/m0/s1. The van der Waals surface area contributed by atoms with E-state index in [-0.39, 0.29) is 30.9 Å². The van der Waals surface area contributed by atoms with Crippen molar-refractivity contribution in [2.75, 3.05) is 19.6 Å². The Kier molecular flexibility index (Phi) is 9.41. The minimum atomic E-state index is -1.15. The zero-order valence-corrected chi connectivity index (χ0v) is 23.6. The molecule has 40 heavy (non-hydrogen) atoms. The van der Waals surface area contributed by atoms with Crippen LogP contribution in [0, 0.1) is 5.92 Å². The van der Waals surface area contributed by atoms with Crippen LogP contribution in [0.3, 0.4) is 0 Å². The number of guanidine groups is 1. The highest BCUT2D eigenvalue weighted by Crippen LogP contribution is 2.49. The summed E-state index contributed by atoms with van der Waals surface area (Å²) in [6.45, 7) is 6.47. The summed E-state index contributed by atoms with van der Waals surface area (Å²) in [5, 5.41) is 11.1. The Morgan fingerprint density at radius 3 is 2.60 bits per heavy atom. The number of ether oxygens (including phenoxy) is 2. The first-order valence-electron chi connectivity index (χ1n) is 13.3. The maximum atomic E-state index is 12.9. The van der Waals surface area contributed by atoms with E-state index in [0.29, 0.717) is 23.8 Å². The second kappa shape index (κ2) is 12.9. The van der Waals surface area contributed by atoms with Gasteiger partial charge in [0.25, 0.3) is 5.91 Å². The van der Waals surface area contributed by atoms with E-state index in [0.717, 1.165) is 23.4 Å². The molecule has 1 fully saturated rings. The SMILES string of the molecule is CC(C)(C)OC(=O)[C@H](CNC(=O)c1ccc(C2CC2C(=O)NC2=NCCCN2)s1)NC(=O)OCc1ccccc1. The Balaban J connectivity index is 1.30. The molecular formula is C28H35N5O6S. The average molecular weight is 570 g/mol.